The van der Waals surface area contributed by atoms with Crippen molar-refractivity contribution in [1.82, 2.24) is 10.9 Å². The molecule has 12 bridgehead atoms. The smallest absolute Gasteiger partial charge is 0.267 e. The number of rotatable bonds is 0. The second kappa shape index (κ2) is 15.0. The van der Waals surface area contributed by atoms with Crippen molar-refractivity contribution in [2.24, 2.45) is 10.2 Å². The van der Waals surface area contributed by atoms with E-state index in [1.165, 1.54) is 11.1 Å². The largest absolute Gasteiger partial charge is 0.271 e. The second-order valence-corrected chi connectivity index (χ2v) is 12.2. The van der Waals surface area contributed by atoms with E-state index in [0.29, 0.717) is 24.2 Å². The first-order chi connectivity index (χ1) is 24.5. The van der Waals surface area contributed by atoms with Crippen molar-refractivity contribution in [1.29, 1.82) is 0 Å². The van der Waals surface area contributed by atoms with Crippen molar-refractivity contribution in [2.45, 2.75) is 26.2 Å². The van der Waals surface area contributed by atoms with Crippen molar-refractivity contribution in [3.05, 3.63) is 191 Å². The molecule has 10 aliphatic rings. The molecule has 0 unspecified atom stereocenters. The van der Waals surface area contributed by atoms with Gasteiger partial charge in [-0.1, -0.05) is 48.5 Å². The van der Waals surface area contributed by atoms with Gasteiger partial charge in [-0.05, 0) is 0 Å². The Morgan fingerprint density at radius 1 is 0.380 bits per heavy atom. The number of amides is 2. The van der Waals surface area contributed by atoms with Gasteiger partial charge in [0.05, 0.1) is 23.6 Å². The third-order valence-corrected chi connectivity index (χ3v) is 8.41. The monoisotopic (exact) mass is 660 g/mol. The van der Waals surface area contributed by atoms with Gasteiger partial charge < -0.3 is 0 Å². The Morgan fingerprint density at radius 2 is 0.640 bits per heavy atom. The highest BCUT2D eigenvalue weighted by molar-refractivity contribution is 5.95. The van der Waals surface area contributed by atoms with Crippen LogP contribution < -0.4 is 29.1 Å². The van der Waals surface area contributed by atoms with Gasteiger partial charge in [-0.25, -0.2) is 29.1 Å². The van der Waals surface area contributed by atoms with Gasteiger partial charge in [-0.15, -0.1) is 0 Å². The summed E-state index contributed by atoms with van der Waals surface area (Å²) in [6.07, 6.45) is 18.8. The Balaban J connectivity index is 1.07. The Labute approximate surface area is 290 Å². The van der Waals surface area contributed by atoms with Crippen LogP contribution in [0.3, 0.4) is 0 Å². The fourth-order valence-corrected chi connectivity index (χ4v) is 5.55. The molecule has 14 heterocycles. The number of nitrogens with zero attached hydrogens (tertiary/aromatic N) is 6. The molecule has 16 rings (SSSR count). The van der Waals surface area contributed by atoms with Crippen LogP contribution in [0.25, 0.3) is 0 Å². The molecule has 2 aromatic carbocycles. The maximum Gasteiger partial charge on any atom is 0.271 e. The van der Waals surface area contributed by atoms with E-state index in [0.717, 1.165) is 35.3 Å². The standard InChI is InChI=1S/C40H34N8O2/c49-39-37-13-21-47(22-14-37)29-35-5-7-36(8-6-35)30-48-23-15-38(16-24-48)40(50)44-42-26-32-11-19-46(20-12-32)28-34-2-1-33(3-4-34)27-45-17-9-31(10-18-45)25-41-43-39/h1-26H,27-30H2/q+2/p+2. The van der Waals surface area contributed by atoms with Crippen LogP contribution in [0.15, 0.2) is 157 Å². The molecular formula is C40H36N8O2+4. The third-order valence-electron chi connectivity index (χ3n) is 8.41. The minimum absolute atomic E-state index is 0.273. The fourth-order valence-electron chi connectivity index (χ4n) is 5.55. The van der Waals surface area contributed by atoms with Crippen LogP contribution in [-0.2, 0) is 26.2 Å². The summed E-state index contributed by atoms with van der Waals surface area (Å²) in [6, 6.07) is 31.9. The van der Waals surface area contributed by atoms with E-state index in [-0.39, 0.29) is 11.8 Å². The van der Waals surface area contributed by atoms with E-state index in [9.17, 15) is 9.59 Å². The number of aromatic nitrogens is 4. The average molecular weight is 661 g/mol. The molecule has 10 heteroatoms. The van der Waals surface area contributed by atoms with Crippen LogP contribution in [0.5, 0.6) is 0 Å². The molecule has 2 amide bonds. The zero-order chi connectivity index (χ0) is 34.1. The Bertz CT molecular complexity index is 1990. The number of hydrogen-bond acceptors (Lipinski definition) is 4. The first-order valence-electron chi connectivity index (χ1n) is 16.3. The molecule has 4 aromatic heterocycles. The minimum Gasteiger partial charge on any atom is -0.267 e. The molecule has 10 nitrogen and oxygen atoms in total. The molecule has 0 aliphatic carbocycles. The van der Waals surface area contributed by atoms with Gasteiger partial charge in [-0.2, -0.15) is 10.2 Å². The highest BCUT2D eigenvalue weighted by Gasteiger charge is 2.12. The fraction of sp³-hybridized carbons (Fsp3) is 0.100. The van der Waals surface area contributed by atoms with Gasteiger partial charge in [0, 0.05) is 81.9 Å². The molecule has 0 atom stereocenters. The van der Waals surface area contributed by atoms with Gasteiger partial charge >= 0.3 is 0 Å². The Kier molecular flexibility index (Phi) is 9.59. The minimum atomic E-state index is -0.273. The normalized spacial score (nSPS) is 14.8. The van der Waals surface area contributed by atoms with Gasteiger partial charge in [0.15, 0.2) is 75.8 Å². The predicted octanol–water partition coefficient (Wildman–Crippen LogP) is 2.87. The number of carbonyl (C=O) groups is 2. The lowest BCUT2D eigenvalue weighted by Gasteiger charge is -2.03. The quantitative estimate of drug-likeness (QED) is 0.245. The molecule has 0 saturated heterocycles. The first-order valence-corrected chi connectivity index (χ1v) is 16.3. The number of hydrogen-bond donors (Lipinski definition) is 2. The zero-order valence-electron chi connectivity index (χ0n) is 27.3. The molecule has 0 spiro atoms. The summed E-state index contributed by atoms with van der Waals surface area (Å²) in [4.78, 5) is 25.4. The molecule has 6 aromatic rings. The molecule has 244 valence electrons. The molecule has 0 saturated carbocycles. The van der Waals surface area contributed by atoms with Crippen molar-refractivity contribution in [2.75, 3.05) is 0 Å². The van der Waals surface area contributed by atoms with Crippen LogP contribution in [0, 0.1) is 0 Å². The lowest BCUT2D eigenvalue weighted by atomic mass is 10.1. The van der Waals surface area contributed by atoms with Gasteiger partial charge in [0.25, 0.3) is 11.8 Å². The van der Waals surface area contributed by atoms with Crippen LogP contribution in [0.1, 0.15) is 54.1 Å². The number of carbonyl (C=O) groups excluding carboxylic acids is 2. The Morgan fingerprint density at radius 3 is 0.920 bits per heavy atom. The highest BCUT2D eigenvalue weighted by atomic mass is 16.2. The summed E-state index contributed by atoms with van der Waals surface area (Å²) < 4.78 is 8.24. The average Bonchev–Trinajstić information content (AvgIpc) is 3.15. The third kappa shape index (κ3) is 8.42. The summed E-state index contributed by atoms with van der Waals surface area (Å²) >= 11 is 0. The predicted molar refractivity (Wildman–Crippen MR) is 186 cm³/mol. The second-order valence-electron chi connectivity index (χ2n) is 12.2. The number of pyridine rings is 4. The summed E-state index contributed by atoms with van der Waals surface area (Å²) in [5, 5.41) is 8.32. The lowest BCUT2D eigenvalue weighted by molar-refractivity contribution is -0.689. The number of benzene rings is 2. The summed E-state index contributed by atoms with van der Waals surface area (Å²) in [5.41, 5.74) is 12.7. The molecule has 50 heavy (non-hydrogen) atoms. The van der Waals surface area contributed by atoms with Gasteiger partial charge in [-0.3, -0.25) is 9.59 Å². The van der Waals surface area contributed by atoms with Crippen molar-refractivity contribution >= 4 is 24.2 Å². The van der Waals surface area contributed by atoms with Crippen LogP contribution in [0.4, 0.5) is 0 Å². The molecule has 2 N–H and O–H groups in total. The molecular weight excluding hydrogens is 624 g/mol. The molecule has 0 fully saturated rings. The van der Waals surface area contributed by atoms with Crippen LogP contribution >= 0.6 is 0 Å². The van der Waals surface area contributed by atoms with Crippen molar-refractivity contribution < 1.29 is 27.9 Å². The zero-order valence-corrected chi connectivity index (χ0v) is 27.3. The highest BCUT2D eigenvalue weighted by Crippen LogP contribution is 2.07. The van der Waals surface area contributed by atoms with E-state index >= 15 is 0 Å². The first kappa shape index (κ1) is 31.9. The molecule has 0 radical (unpaired) electrons. The maximum atomic E-state index is 12.7. The summed E-state index contributed by atoms with van der Waals surface area (Å²) in [6.45, 7) is 2.80. The topological polar surface area (TPSA) is 98.4 Å². The van der Waals surface area contributed by atoms with E-state index in [2.05, 4.69) is 78.7 Å². The van der Waals surface area contributed by atoms with E-state index in [4.69, 9.17) is 0 Å². The van der Waals surface area contributed by atoms with E-state index < -0.39 is 0 Å². The SMILES string of the molecule is O=C1N/N=C/c2cc[n+](cc2)Cc2ccc(cc2)C[n+]2ccc(cc2)/C=N/NC(=O)c2cc[n+](cc2)Cc2ccc(cc2)C[n+]2ccc1cc2. The van der Waals surface area contributed by atoms with E-state index in [1.54, 1.807) is 36.7 Å². The summed E-state index contributed by atoms with van der Waals surface area (Å²) in [5.74, 6) is -0.545. The maximum absolute atomic E-state index is 12.7. The lowest BCUT2D eigenvalue weighted by Crippen LogP contribution is -2.34. The van der Waals surface area contributed by atoms with Gasteiger partial charge in [0.2, 0.25) is 0 Å². The Hall–Kier alpha value is -6.68. The van der Waals surface area contributed by atoms with Crippen molar-refractivity contribution in [3.8, 4) is 0 Å². The van der Waals surface area contributed by atoms with Gasteiger partial charge in [0.1, 0.15) is 0 Å². The molecule has 10 aliphatic heterocycles. The van der Waals surface area contributed by atoms with Crippen LogP contribution in [0.2, 0.25) is 0 Å². The van der Waals surface area contributed by atoms with Crippen molar-refractivity contribution in [3.63, 3.8) is 0 Å². The summed E-state index contributed by atoms with van der Waals surface area (Å²) in [7, 11) is 0. The number of nitrogens with one attached hydrogen (secondary N) is 2. The number of hydrazone groups is 2. The van der Waals surface area contributed by atoms with Crippen LogP contribution in [-0.4, -0.2) is 24.2 Å². The van der Waals surface area contributed by atoms with E-state index in [1.807, 2.05) is 83.0 Å².